The summed E-state index contributed by atoms with van der Waals surface area (Å²) in [6.45, 7) is 2.37. The zero-order valence-electron chi connectivity index (χ0n) is 17.4. The highest BCUT2D eigenvalue weighted by Crippen LogP contribution is 2.27. The van der Waals surface area contributed by atoms with Crippen LogP contribution in [-0.4, -0.2) is 33.4 Å². The highest BCUT2D eigenvalue weighted by Gasteiger charge is 2.23. The van der Waals surface area contributed by atoms with Crippen molar-refractivity contribution < 1.29 is 22.7 Å². The van der Waals surface area contributed by atoms with Gasteiger partial charge in [0.1, 0.15) is 6.07 Å². The number of rotatable bonds is 8. The van der Waals surface area contributed by atoms with E-state index in [1.54, 1.807) is 54.3 Å². The minimum atomic E-state index is -3.93. The summed E-state index contributed by atoms with van der Waals surface area (Å²) in [5.74, 6) is -0.761. The highest BCUT2D eigenvalue weighted by atomic mass is 32.2. The molecule has 0 aromatic heterocycles. The number of para-hydroxylation sites is 2. The lowest BCUT2D eigenvalue weighted by atomic mass is 10.2. The molecule has 1 amide bonds. The maximum absolute atomic E-state index is 12.9. The van der Waals surface area contributed by atoms with Crippen molar-refractivity contribution in [1.29, 1.82) is 5.26 Å². The van der Waals surface area contributed by atoms with Crippen LogP contribution >= 0.6 is 0 Å². The van der Waals surface area contributed by atoms with Gasteiger partial charge in [-0.25, -0.2) is 13.2 Å². The van der Waals surface area contributed by atoms with Gasteiger partial charge in [0.05, 0.1) is 22.9 Å². The van der Waals surface area contributed by atoms with E-state index in [9.17, 15) is 18.0 Å². The number of carbonyl (C=O) groups excluding carboxylic acids is 2. The van der Waals surface area contributed by atoms with Gasteiger partial charge in [-0.2, -0.15) is 5.26 Å². The Morgan fingerprint density at radius 2 is 1.88 bits per heavy atom. The molecule has 0 aliphatic carbocycles. The summed E-state index contributed by atoms with van der Waals surface area (Å²) in [5, 5.41) is 11.9. The lowest BCUT2D eigenvalue weighted by Crippen LogP contribution is -2.23. The summed E-state index contributed by atoms with van der Waals surface area (Å²) in [6, 6.07) is 14.3. The molecule has 0 saturated carbocycles. The Kier molecular flexibility index (Phi) is 7.12. The normalized spacial score (nSPS) is 14.1. The second kappa shape index (κ2) is 9.98. The number of hydrogen-bond acceptors (Lipinski definition) is 7. The van der Waals surface area contributed by atoms with Crippen LogP contribution in [0.15, 0.2) is 65.2 Å². The topological polar surface area (TPSA) is 129 Å². The molecule has 9 nitrogen and oxygen atoms in total. The van der Waals surface area contributed by atoms with Crippen LogP contribution in [0.2, 0.25) is 0 Å². The van der Waals surface area contributed by atoms with Crippen molar-refractivity contribution in [3.8, 4) is 6.07 Å². The van der Waals surface area contributed by atoms with Gasteiger partial charge in [-0.3, -0.25) is 9.52 Å². The molecule has 0 unspecified atom stereocenters. The van der Waals surface area contributed by atoms with Gasteiger partial charge in [-0.05, 0) is 49.7 Å². The molecular weight excluding hydrogens is 432 g/mol. The smallest absolute Gasteiger partial charge is 0.350 e. The molecule has 2 aromatic rings. The van der Waals surface area contributed by atoms with E-state index in [0.717, 1.165) is 12.6 Å². The van der Waals surface area contributed by atoms with Crippen LogP contribution in [0, 0.1) is 11.3 Å². The zero-order chi connectivity index (χ0) is 23.1. The molecular formula is C22H22N4O5S. The number of esters is 1. The average molecular weight is 455 g/mol. The third kappa shape index (κ3) is 5.25. The van der Waals surface area contributed by atoms with Gasteiger partial charge >= 0.3 is 5.97 Å². The Morgan fingerprint density at radius 3 is 2.47 bits per heavy atom. The molecule has 0 radical (unpaired) electrons. The van der Waals surface area contributed by atoms with Crippen LogP contribution < -0.4 is 14.9 Å². The third-order valence-corrected chi connectivity index (χ3v) is 6.07. The maximum atomic E-state index is 12.9. The van der Waals surface area contributed by atoms with E-state index >= 15 is 0 Å². The number of hydrogen-bond donors (Lipinski definition) is 2. The molecule has 3 rings (SSSR count). The van der Waals surface area contributed by atoms with Crippen LogP contribution in [0.25, 0.3) is 0 Å². The van der Waals surface area contributed by atoms with Gasteiger partial charge in [0, 0.05) is 24.9 Å². The van der Waals surface area contributed by atoms with Crippen molar-refractivity contribution in [3.05, 3.63) is 60.3 Å². The summed E-state index contributed by atoms with van der Waals surface area (Å²) >= 11 is 0. The molecule has 166 valence electrons. The fraction of sp³-hybridized carbons (Fsp3) is 0.227. The monoisotopic (exact) mass is 454 g/mol. The van der Waals surface area contributed by atoms with Gasteiger partial charge in [0.2, 0.25) is 5.91 Å². The maximum Gasteiger partial charge on any atom is 0.350 e. The van der Waals surface area contributed by atoms with Crippen molar-refractivity contribution >= 4 is 39.0 Å². The van der Waals surface area contributed by atoms with E-state index in [1.165, 1.54) is 12.1 Å². The number of nitriles is 1. The minimum Gasteiger partial charge on any atom is -0.462 e. The number of carbonyl (C=O) groups is 2. The second-order valence-corrected chi connectivity index (χ2v) is 8.51. The van der Waals surface area contributed by atoms with Crippen LogP contribution in [0.3, 0.4) is 0 Å². The Morgan fingerprint density at radius 1 is 1.19 bits per heavy atom. The van der Waals surface area contributed by atoms with Crippen LogP contribution in [0.5, 0.6) is 0 Å². The highest BCUT2D eigenvalue weighted by molar-refractivity contribution is 7.92. The van der Waals surface area contributed by atoms with Crippen molar-refractivity contribution in [2.24, 2.45) is 0 Å². The number of ether oxygens (including phenoxy) is 1. The van der Waals surface area contributed by atoms with E-state index < -0.39 is 16.0 Å². The van der Waals surface area contributed by atoms with Crippen molar-refractivity contribution in [2.75, 3.05) is 28.1 Å². The van der Waals surface area contributed by atoms with Crippen molar-refractivity contribution in [3.63, 3.8) is 0 Å². The van der Waals surface area contributed by atoms with E-state index in [0.29, 0.717) is 24.3 Å². The fourth-order valence-electron chi connectivity index (χ4n) is 3.12. The molecule has 0 spiro atoms. The van der Waals surface area contributed by atoms with Crippen LogP contribution in [0.1, 0.15) is 19.8 Å². The Labute approximate surface area is 186 Å². The summed E-state index contributed by atoms with van der Waals surface area (Å²) in [6.07, 6.45) is 2.43. The predicted octanol–water partition coefficient (Wildman–Crippen LogP) is 3.00. The predicted molar refractivity (Wildman–Crippen MR) is 119 cm³/mol. The van der Waals surface area contributed by atoms with Gasteiger partial charge in [0.25, 0.3) is 10.0 Å². The number of nitrogens with one attached hydrogen (secondary N) is 2. The summed E-state index contributed by atoms with van der Waals surface area (Å²) < 4.78 is 33.1. The van der Waals surface area contributed by atoms with E-state index in [1.807, 2.05) is 0 Å². The number of benzene rings is 2. The number of sulfonamides is 1. The summed E-state index contributed by atoms with van der Waals surface area (Å²) in [7, 11) is -3.93. The minimum absolute atomic E-state index is 0.0198. The largest absolute Gasteiger partial charge is 0.462 e. The van der Waals surface area contributed by atoms with Crippen LogP contribution in [-0.2, 0) is 24.3 Å². The molecule has 1 aliphatic heterocycles. The van der Waals surface area contributed by atoms with Gasteiger partial charge < -0.3 is 15.0 Å². The molecule has 2 aromatic carbocycles. The fourth-order valence-corrected chi connectivity index (χ4v) is 4.20. The Balaban J connectivity index is 1.79. The quantitative estimate of drug-likeness (QED) is 0.356. The second-order valence-electron chi connectivity index (χ2n) is 6.83. The number of amides is 1. The molecule has 0 atom stereocenters. The summed E-state index contributed by atoms with van der Waals surface area (Å²) in [5.41, 5.74) is 0.967. The first kappa shape index (κ1) is 22.8. The molecule has 1 saturated heterocycles. The molecule has 32 heavy (non-hydrogen) atoms. The molecule has 2 N–H and O–H groups in total. The van der Waals surface area contributed by atoms with Gasteiger partial charge in [-0.1, -0.05) is 12.1 Å². The van der Waals surface area contributed by atoms with Crippen LogP contribution in [0.4, 0.5) is 17.1 Å². The standard InChI is InChI=1S/C22H22N4O5S/c1-2-31-22(28)16(14-23)15-24-19-6-3-4-7-20(19)25-32(29,30)18-11-9-17(10-12-18)26-13-5-8-21(26)27/h3-4,6-7,9-12,15,24-25H,2,5,8,13H2,1H3/b16-15+. The van der Waals surface area contributed by atoms with Crippen molar-refractivity contribution in [2.45, 2.75) is 24.7 Å². The zero-order valence-corrected chi connectivity index (χ0v) is 18.2. The first-order valence-electron chi connectivity index (χ1n) is 9.92. The molecule has 10 heteroatoms. The molecule has 1 aliphatic rings. The van der Waals surface area contributed by atoms with E-state index in [4.69, 9.17) is 10.00 Å². The molecule has 1 heterocycles. The molecule has 1 fully saturated rings. The number of anilines is 3. The SMILES string of the molecule is CCOC(=O)/C(C#N)=C/Nc1ccccc1NS(=O)(=O)c1ccc(N2CCCC2=O)cc1. The Bertz CT molecular complexity index is 1180. The van der Waals surface area contributed by atoms with Gasteiger partial charge in [0.15, 0.2) is 5.57 Å². The Hall–Kier alpha value is -3.84. The first-order valence-corrected chi connectivity index (χ1v) is 11.4. The lowest BCUT2D eigenvalue weighted by molar-refractivity contribution is -0.138. The van der Waals surface area contributed by atoms with E-state index in [-0.39, 0.29) is 28.7 Å². The third-order valence-electron chi connectivity index (χ3n) is 4.69. The van der Waals surface area contributed by atoms with Crippen molar-refractivity contribution in [1.82, 2.24) is 0 Å². The first-order chi connectivity index (χ1) is 15.4. The van der Waals surface area contributed by atoms with Gasteiger partial charge in [-0.15, -0.1) is 0 Å². The number of nitrogens with zero attached hydrogens (tertiary/aromatic N) is 2. The lowest BCUT2D eigenvalue weighted by Gasteiger charge is -2.16. The van der Waals surface area contributed by atoms with E-state index in [2.05, 4.69) is 10.0 Å². The summed E-state index contributed by atoms with van der Waals surface area (Å²) in [4.78, 5) is 25.3. The average Bonchev–Trinajstić information content (AvgIpc) is 3.21. The molecule has 0 bridgehead atoms.